The van der Waals surface area contributed by atoms with Crippen LogP contribution >= 0.6 is 15.9 Å². The van der Waals surface area contributed by atoms with Gasteiger partial charge in [0.15, 0.2) is 23.0 Å². The van der Waals surface area contributed by atoms with Crippen molar-refractivity contribution in [2.45, 2.75) is 19.9 Å². The zero-order valence-electron chi connectivity index (χ0n) is 15.7. The first kappa shape index (κ1) is 20.4. The van der Waals surface area contributed by atoms with Crippen LogP contribution in [0.4, 0.5) is 0 Å². The van der Waals surface area contributed by atoms with E-state index in [1.807, 2.05) is 31.2 Å². The number of rotatable bonds is 10. The van der Waals surface area contributed by atoms with E-state index in [0.29, 0.717) is 13.2 Å². The minimum Gasteiger partial charge on any atom is -0.493 e. The molecule has 0 unspecified atom stereocenters. The lowest BCUT2D eigenvalue weighted by Crippen LogP contribution is -2.18. The number of benzene rings is 2. The molecule has 142 valence electrons. The molecule has 0 spiro atoms. The molecule has 0 aliphatic rings. The molecule has 0 atom stereocenters. The summed E-state index contributed by atoms with van der Waals surface area (Å²) < 4.78 is 22.8. The molecular formula is C20H26BrNO4. The van der Waals surface area contributed by atoms with Crippen molar-refractivity contribution in [1.29, 1.82) is 0 Å². The summed E-state index contributed by atoms with van der Waals surface area (Å²) >= 11 is 3.61. The summed E-state index contributed by atoms with van der Waals surface area (Å²) in [6, 6.07) is 9.87. The number of hydrogen-bond acceptors (Lipinski definition) is 5. The molecule has 0 fully saturated rings. The Morgan fingerprint density at radius 2 is 1.62 bits per heavy atom. The van der Waals surface area contributed by atoms with Gasteiger partial charge in [0.05, 0.1) is 27.9 Å². The molecule has 5 nitrogen and oxygen atoms in total. The summed E-state index contributed by atoms with van der Waals surface area (Å²) in [5, 5.41) is 3.47. The monoisotopic (exact) mass is 423 g/mol. The van der Waals surface area contributed by atoms with Gasteiger partial charge in [-0.1, -0.05) is 22.0 Å². The van der Waals surface area contributed by atoms with Gasteiger partial charge >= 0.3 is 0 Å². The Hall–Kier alpha value is -1.92. The van der Waals surface area contributed by atoms with Crippen LogP contribution in [0.15, 0.2) is 34.8 Å². The molecule has 26 heavy (non-hydrogen) atoms. The Kier molecular flexibility index (Phi) is 8.06. The Bertz CT molecular complexity index is 721. The van der Waals surface area contributed by atoms with Crippen molar-refractivity contribution in [1.82, 2.24) is 5.32 Å². The molecule has 0 saturated carbocycles. The van der Waals surface area contributed by atoms with Crippen LogP contribution in [0, 0.1) is 0 Å². The predicted molar refractivity (Wildman–Crippen MR) is 107 cm³/mol. The highest BCUT2D eigenvalue weighted by molar-refractivity contribution is 9.10. The summed E-state index contributed by atoms with van der Waals surface area (Å²) in [5.74, 6) is 3.01. The summed E-state index contributed by atoms with van der Waals surface area (Å²) in [7, 11) is 4.94. The van der Waals surface area contributed by atoms with Gasteiger partial charge in [-0.3, -0.25) is 0 Å². The Balaban J connectivity index is 2.00. The van der Waals surface area contributed by atoms with Crippen LogP contribution < -0.4 is 24.3 Å². The second-order valence-electron chi connectivity index (χ2n) is 5.61. The van der Waals surface area contributed by atoms with Crippen molar-refractivity contribution in [3.8, 4) is 23.0 Å². The quantitative estimate of drug-likeness (QED) is 0.580. The van der Waals surface area contributed by atoms with Gasteiger partial charge in [-0.15, -0.1) is 0 Å². The first-order valence-corrected chi connectivity index (χ1v) is 9.33. The normalized spacial score (nSPS) is 10.5. The van der Waals surface area contributed by atoms with Gasteiger partial charge < -0.3 is 24.3 Å². The topological polar surface area (TPSA) is 49.0 Å². The van der Waals surface area contributed by atoms with E-state index in [-0.39, 0.29) is 0 Å². The van der Waals surface area contributed by atoms with Crippen LogP contribution in [0.1, 0.15) is 18.1 Å². The Morgan fingerprint density at radius 1 is 0.923 bits per heavy atom. The maximum atomic E-state index is 5.79. The maximum absolute atomic E-state index is 5.79. The number of nitrogens with one attached hydrogen (secondary N) is 1. The van der Waals surface area contributed by atoms with E-state index in [9.17, 15) is 0 Å². The molecule has 0 saturated heterocycles. The second-order valence-corrected chi connectivity index (χ2v) is 6.46. The number of ether oxygens (including phenoxy) is 4. The molecule has 0 aliphatic heterocycles. The Morgan fingerprint density at radius 3 is 2.27 bits per heavy atom. The van der Waals surface area contributed by atoms with Crippen molar-refractivity contribution >= 4 is 15.9 Å². The summed E-state index contributed by atoms with van der Waals surface area (Å²) in [6.07, 6.45) is 0.881. The third kappa shape index (κ3) is 5.05. The number of hydrogen-bond donors (Lipinski definition) is 1. The molecule has 2 rings (SSSR count). The summed E-state index contributed by atoms with van der Waals surface area (Å²) in [6.45, 7) is 4.06. The van der Waals surface area contributed by atoms with Crippen LogP contribution in [0.3, 0.4) is 0 Å². The number of methoxy groups -OCH3 is 3. The number of halogens is 1. The minimum atomic E-state index is 0.589. The highest BCUT2D eigenvalue weighted by atomic mass is 79.9. The highest BCUT2D eigenvalue weighted by Gasteiger charge is 2.14. The van der Waals surface area contributed by atoms with E-state index in [4.69, 9.17) is 18.9 Å². The van der Waals surface area contributed by atoms with Crippen molar-refractivity contribution in [2.24, 2.45) is 0 Å². The Labute approximate surface area is 163 Å². The fourth-order valence-corrected chi connectivity index (χ4v) is 3.15. The average Bonchev–Trinajstić information content (AvgIpc) is 2.67. The van der Waals surface area contributed by atoms with Crippen molar-refractivity contribution in [3.63, 3.8) is 0 Å². The molecular weight excluding hydrogens is 398 g/mol. The van der Waals surface area contributed by atoms with Gasteiger partial charge in [-0.05, 0) is 49.7 Å². The zero-order chi connectivity index (χ0) is 18.9. The fourth-order valence-electron chi connectivity index (χ4n) is 2.69. The van der Waals surface area contributed by atoms with Crippen molar-refractivity contribution < 1.29 is 18.9 Å². The lowest BCUT2D eigenvalue weighted by molar-refractivity contribution is 0.306. The standard InChI is InChI=1S/C20H26BrNO4/c1-5-26-20-15(16(21)7-9-18(20)24-3)13-22-11-10-14-6-8-17(23-2)19(12-14)25-4/h6-9,12,22H,5,10-11,13H2,1-4H3. The molecule has 2 aromatic rings. The van der Waals surface area contributed by atoms with Crippen LogP contribution in [0.5, 0.6) is 23.0 Å². The van der Waals surface area contributed by atoms with Gasteiger partial charge in [-0.2, -0.15) is 0 Å². The summed E-state index contributed by atoms with van der Waals surface area (Å²) in [4.78, 5) is 0. The molecule has 0 heterocycles. The van der Waals surface area contributed by atoms with E-state index in [1.165, 1.54) is 5.56 Å². The first-order chi connectivity index (χ1) is 12.6. The van der Waals surface area contributed by atoms with E-state index >= 15 is 0 Å². The van der Waals surface area contributed by atoms with E-state index in [0.717, 1.165) is 46.0 Å². The van der Waals surface area contributed by atoms with Gasteiger partial charge in [0, 0.05) is 16.6 Å². The van der Waals surface area contributed by atoms with Gasteiger partial charge in [0.25, 0.3) is 0 Å². The second kappa shape index (κ2) is 10.3. The van der Waals surface area contributed by atoms with Crippen LogP contribution in [-0.2, 0) is 13.0 Å². The summed E-state index contributed by atoms with van der Waals surface area (Å²) in [5.41, 5.74) is 2.24. The van der Waals surface area contributed by atoms with Crippen molar-refractivity contribution in [2.75, 3.05) is 34.5 Å². The van der Waals surface area contributed by atoms with Crippen LogP contribution in [0.25, 0.3) is 0 Å². The molecule has 0 aliphatic carbocycles. The minimum absolute atomic E-state index is 0.589. The van der Waals surface area contributed by atoms with Gasteiger partial charge in [0.2, 0.25) is 0 Å². The molecule has 6 heteroatoms. The SMILES string of the molecule is CCOc1c(OC)ccc(Br)c1CNCCc1ccc(OC)c(OC)c1. The lowest BCUT2D eigenvalue weighted by atomic mass is 10.1. The molecule has 0 aromatic heterocycles. The average molecular weight is 424 g/mol. The maximum Gasteiger partial charge on any atom is 0.166 e. The lowest BCUT2D eigenvalue weighted by Gasteiger charge is -2.16. The van der Waals surface area contributed by atoms with Crippen molar-refractivity contribution in [3.05, 3.63) is 45.9 Å². The smallest absolute Gasteiger partial charge is 0.166 e. The van der Waals surface area contributed by atoms with E-state index in [2.05, 4.69) is 27.3 Å². The van der Waals surface area contributed by atoms with Gasteiger partial charge in [0.1, 0.15) is 0 Å². The first-order valence-electron chi connectivity index (χ1n) is 8.54. The zero-order valence-corrected chi connectivity index (χ0v) is 17.3. The molecule has 1 N–H and O–H groups in total. The molecule has 2 aromatic carbocycles. The fraction of sp³-hybridized carbons (Fsp3) is 0.400. The molecule has 0 radical (unpaired) electrons. The van der Waals surface area contributed by atoms with Gasteiger partial charge in [-0.25, -0.2) is 0 Å². The highest BCUT2D eigenvalue weighted by Crippen LogP contribution is 2.36. The van der Waals surface area contributed by atoms with E-state index < -0.39 is 0 Å². The predicted octanol–water partition coefficient (Wildman–Crippen LogP) is 4.21. The molecule has 0 amide bonds. The largest absolute Gasteiger partial charge is 0.493 e. The molecule has 0 bridgehead atoms. The van der Waals surface area contributed by atoms with Crippen LogP contribution in [-0.4, -0.2) is 34.5 Å². The van der Waals surface area contributed by atoms with Crippen LogP contribution in [0.2, 0.25) is 0 Å². The van der Waals surface area contributed by atoms with E-state index in [1.54, 1.807) is 21.3 Å². The third-order valence-electron chi connectivity index (χ3n) is 4.02. The third-order valence-corrected chi connectivity index (χ3v) is 4.76.